The Bertz CT molecular complexity index is 761. The topological polar surface area (TPSA) is 84.9 Å². The lowest BCUT2D eigenvalue weighted by Gasteiger charge is -2.19. The van der Waals surface area contributed by atoms with Gasteiger partial charge < -0.3 is 19.9 Å². The first-order chi connectivity index (χ1) is 11.9. The number of methoxy groups -OCH3 is 2. The molecule has 1 amide bonds. The van der Waals surface area contributed by atoms with Crippen molar-refractivity contribution in [3.63, 3.8) is 0 Å². The number of halogens is 1. The second-order valence-electron chi connectivity index (χ2n) is 5.25. The van der Waals surface area contributed by atoms with Gasteiger partial charge in [0.2, 0.25) is 0 Å². The summed E-state index contributed by atoms with van der Waals surface area (Å²) >= 11 is 0. The van der Waals surface area contributed by atoms with Crippen molar-refractivity contribution < 1.29 is 28.6 Å². The number of rotatable bonds is 7. The van der Waals surface area contributed by atoms with Crippen molar-refractivity contribution in [2.75, 3.05) is 14.2 Å². The molecule has 132 valence electrons. The van der Waals surface area contributed by atoms with Crippen LogP contribution in [-0.2, 0) is 4.79 Å². The molecule has 0 spiro atoms. The molecule has 0 saturated carbocycles. The number of aliphatic carboxylic acids is 1. The van der Waals surface area contributed by atoms with Gasteiger partial charge in [0.25, 0.3) is 5.91 Å². The van der Waals surface area contributed by atoms with Crippen molar-refractivity contribution in [3.8, 4) is 11.5 Å². The highest BCUT2D eigenvalue weighted by Gasteiger charge is 2.20. The number of hydrogen-bond donors (Lipinski definition) is 2. The third-order valence-electron chi connectivity index (χ3n) is 3.60. The van der Waals surface area contributed by atoms with Crippen LogP contribution in [0.25, 0.3) is 0 Å². The van der Waals surface area contributed by atoms with E-state index in [0.29, 0.717) is 17.1 Å². The summed E-state index contributed by atoms with van der Waals surface area (Å²) in [4.78, 5) is 23.5. The lowest BCUT2D eigenvalue weighted by molar-refractivity contribution is -0.137. The van der Waals surface area contributed by atoms with E-state index in [1.165, 1.54) is 26.4 Å². The van der Waals surface area contributed by atoms with Crippen LogP contribution in [0.1, 0.15) is 28.4 Å². The standard InChI is InChI=1S/C18H18FNO5/c1-24-15-8-5-12(9-16(15)25-2)14(10-17(21)22)20-18(23)11-3-6-13(19)7-4-11/h3-9,14H,10H2,1-2H3,(H,20,23)(H,21,22). The van der Waals surface area contributed by atoms with Gasteiger partial charge in [0, 0.05) is 5.56 Å². The maximum Gasteiger partial charge on any atom is 0.305 e. The van der Waals surface area contributed by atoms with Gasteiger partial charge in [-0.05, 0) is 42.0 Å². The Morgan fingerprint density at radius 2 is 1.72 bits per heavy atom. The van der Waals surface area contributed by atoms with Gasteiger partial charge in [-0.1, -0.05) is 6.07 Å². The smallest absolute Gasteiger partial charge is 0.305 e. The minimum atomic E-state index is -1.07. The number of carbonyl (C=O) groups is 2. The zero-order valence-electron chi connectivity index (χ0n) is 13.8. The molecule has 0 heterocycles. The predicted octanol–water partition coefficient (Wildman–Crippen LogP) is 2.79. The predicted molar refractivity (Wildman–Crippen MR) is 88.4 cm³/mol. The molecule has 0 aliphatic rings. The summed E-state index contributed by atoms with van der Waals surface area (Å²) in [7, 11) is 2.95. The SMILES string of the molecule is COc1ccc(C(CC(=O)O)NC(=O)c2ccc(F)cc2)cc1OC. The van der Waals surface area contributed by atoms with E-state index in [9.17, 15) is 14.0 Å². The van der Waals surface area contributed by atoms with Gasteiger partial charge in [0.1, 0.15) is 5.82 Å². The molecule has 2 aromatic rings. The minimum absolute atomic E-state index is 0.234. The molecule has 2 aromatic carbocycles. The largest absolute Gasteiger partial charge is 0.493 e. The van der Waals surface area contributed by atoms with Gasteiger partial charge in [-0.15, -0.1) is 0 Å². The molecule has 0 aromatic heterocycles. The maximum absolute atomic E-state index is 13.0. The maximum atomic E-state index is 13.0. The molecule has 0 fully saturated rings. The lowest BCUT2D eigenvalue weighted by Crippen LogP contribution is -2.30. The van der Waals surface area contributed by atoms with Gasteiger partial charge >= 0.3 is 5.97 Å². The number of carbonyl (C=O) groups excluding carboxylic acids is 1. The van der Waals surface area contributed by atoms with E-state index in [1.54, 1.807) is 18.2 Å². The first kappa shape index (κ1) is 18.3. The number of carboxylic acids is 1. The zero-order valence-corrected chi connectivity index (χ0v) is 13.8. The van der Waals surface area contributed by atoms with Crippen LogP contribution in [0.2, 0.25) is 0 Å². The number of benzene rings is 2. The molecule has 1 unspecified atom stereocenters. The normalized spacial score (nSPS) is 11.5. The summed E-state index contributed by atoms with van der Waals surface area (Å²) < 4.78 is 23.3. The van der Waals surface area contributed by atoms with E-state index in [4.69, 9.17) is 14.6 Å². The van der Waals surface area contributed by atoms with Crippen LogP contribution in [0.3, 0.4) is 0 Å². The Hall–Kier alpha value is -3.09. The number of hydrogen-bond acceptors (Lipinski definition) is 4. The van der Waals surface area contributed by atoms with E-state index in [0.717, 1.165) is 12.1 Å². The van der Waals surface area contributed by atoms with E-state index in [2.05, 4.69) is 5.32 Å². The molecular weight excluding hydrogens is 329 g/mol. The second kappa shape index (κ2) is 8.14. The monoisotopic (exact) mass is 347 g/mol. The van der Waals surface area contributed by atoms with Crippen LogP contribution in [-0.4, -0.2) is 31.2 Å². The molecule has 2 rings (SSSR count). The Kier molecular flexibility index (Phi) is 5.94. The summed E-state index contributed by atoms with van der Waals surface area (Å²) in [6, 6.07) is 9.10. The quantitative estimate of drug-likeness (QED) is 0.804. The Labute approximate surface area is 144 Å². The molecule has 0 bridgehead atoms. The van der Waals surface area contributed by atoms with Gasteiger partial charge in [0.15, 0.2) is 11.5 Å². The average Bonchev–Trinajstić information content (AvgIpc) is 2.60. The summed E-state index contributed by atoms with van der Waals surface area (Å²) in [6.07, 6.45) is -0.317. The highest BCUT2D eigenvalue weighted by atomic mass is 19.1. The van der Waals surface area contributed by atoms with E-state index < -0.39 is 23.7 Å². The molecule has 7 heteroatoms. The van der Waals surface area contributed by atoms with E-state index in [1.807, 2.05) is 0 Å². The fraction of sp³-hybridized carbons (Fsp3) is 0.222. The third-order valence-corrected chi connectivity index (χ3v) is 3.60. The van der Waals surface area contributed by atoms with Crippen LogP contribution in [0.4, 0.5) is 4.39 Å². The van der Waals surface area contributed by atoms with Crippen molar-refractivity contribution >= 4 is 11.9 Å². The summed E-state index contributed by atoms with van der Waals surface area (Å²) in [5.41, 5.74) is 0.785. The third kappa shape index (κ3) is 4.69. The summed E-state index contributed by atoms with van der Waals surface area (Å²) in [5, 5.41) is 11.8. The fourth-order valence-corrected chi connectivity index (χ4v) is 2.34. The lowest BCUT2D eigenvalue weighted by atomic mass is 10.0. The molecular formula is C18H18FNO5. The van der Waals surface area contributed by atoms with E-state index in [-0.39, 0.29) is 12.0 Å². The Balaban J connectivity index is 2.28. The fourth-order valence-electron chi connectivity index (χ4n) is 2.34. The molecule has 1 atom stereocenters. The van der Waals surface area contributed by atoms with Gasteiger partial charge in [0.05, 0.1) is 26.7 Å². The number of carboxylic acid groups (broad SMARTS) is 1. The molecule has 0 radical (unpaired) electrons. The number of ether oxygens (including phenoxy) is 2. The van der Waals surface area contributed by atoms with Crippen LogP contribution in [0, 0.1) is 5.82 Å². The van der Waals surface area contributed by atoms with Crippen LogP contribution >= 0.6 is 0 Å². The van der Waals surface area contributed by atoms with Crippen molar-refractivity contribution in [2.45, 2.75) is 12.5 Å². The van der Waals surface area contributed by atoms with Crippen molar-refractivity contribution in [1.29, 1.82) is 0 Å². The van der Waals surface area contributed by atoms with Gasteiger partial charge in [-0.3, -0.25) is 9.59 Å². The average molecular weight is 347 g/mol. The number of nitrogens with one attached hydrogen (secondary N) is 1. The van der Waals surface area contributed by atoms with E-state index >= 15 is 0 Å². The second-order valence-corrected chi connectivity index (χ2v) is 5.25. The molecule has 0 aliphatic heterocycles. The zero-order chi connectivity index (χ0) is 18.4. The first-order valence-electron chi connectivity index (χ1n) is 7.44. The van der Waals surface area contributed by atoms with Gasteiger partial charge in [-0.25, -0.2) is 4.39 Å². The molecule has 0 saturated heterocycles. The number of amides is 1. The first-order valence-corrected chi connectivity index (χ1v) is 7.44. The molecule has 0 aliphatic carbocycles. The summed E-state index contributed by atoms with van der Waals surface area (Å²) in [6.45, 7) is 0. The van der Waals surface area contributed by atoms with Crippen LogP contribution in [0.15, 0.2) is 42.5 Å². The van der Waals surface area contributed by atoms with Crippen molar-refractivity contribution in [3.05, 3.63) is 59.4 Å². The summed E-state index contributed by atoms with van der Waals surface area (Å²) in [5.74, 6) is -1.12. The highest BCUT2D eigenvalue weighted by molar-refractivity contribution is 5.94. The van der Waals surface area contributed by atoms with Crippen molar-refractivity contribution in [2.24, 2.45) is 0 Å². The minimum Gasteiger partial charge on any atom is -0.493 e. The van der Waals surface area contributed by atoms with Gasteiger partial charge in [-0.2, -0.15) is 0 Å². The van der Waals surface area contributed by atoms with Crippen molar-refractivity contribution in [1.82, 2.24) is 5.32 Å². The Morgan fingerprint density at radius 3 is 2.28 bits per heavy atom. The van der Waals surface area contributed by atoms with Crippen LogP contribution < -0.4 is 14.8 Å². The van der Waals surface area contributed by atoms with Crippen LogP contribution in [0.5, 0.6) is 11.5 Å². The molecule has 2 N–H and O–H groups in total. The molecule has 25 heavy (non-hydrogen) atoms. The molecule has 6 nitrogen and oxygen atoms in total. The Morgan fingerprint density at radius 1 is 1.08 bits per heavy atom. The highest BCUT2D eigenvalue weighted by Crippen LogP contribution is 2.31.